The predicted molar refractivity (Wildman–Crippen MR) is 211 cm³/mol. The van der Waals surface area contributed by atoms with Crippen LogP contribution >= 0.6 is 0 Å². The van der Waals surface area contributed by atoms with Gasteiger partial charge in [0.2, 0.25) is 4.75 Å². The van der Waals surface area contributed by atoms with Gasteiger partial charge in [0.25, 0.3) is 10.1 Å². The first-order valence-electron chi connectivity index (χ1n) is 19.9. The molecule has 0 aliphatic heterocycles. The zero-order chi connectivity index (χ0) is 35.8. The van der Waals surface area contributed by atoms with Crippen LogP contribution in [0.25, 0.3) is 0 Å². The zero-order valence-corrected chi connectivity index (χ0v) is 33.2. The number of hydrogen-bond donors (Lipinski definition) is 5. The Kier molecular flexibility index (Phi) is 37.5. The number of aliphatic carboxylic acids is 2. The summed E-state index contributed by atoms with van der Waals surface area (Å²) in [5.41, 5.74) is 0. The molecular formula is C40H80N2O7S. The molecule has 0 amide bonds. The van der Waals surface area contributed by atoms with Crippen LogP contribution in [0.1, 0.15) is 206 Å². The molecule has 0 saturated heterocycles. The fourth-order valence-corrected chi connectivity index (χ4v) is 7.84. The third-order valence-corrected chi connectivity index (χ3v) is 11.3. The predicted octanol–water partition coefficient (Wildman–Crippen LogP) is 12.6. The van der Waals surface area contributed by atoms with E-state index in [0.29, 0.717) is 19.3 Å². The van der Waals surface area contributed by atoms with E-state index in [9.17, 15) is 32.8 Å². The maximum Gasteiger partial charge on any atom is 0.328 e. The fourth-order valence-electron chi connectivity index (χ4n) is 6.64. The molecule has 9 nitrogen and oxygen atoms in total. The highest BCUT2D eigenvalue weighted by molar-refractivity contribution is 7.88. The second-order valence-corrected chi connectivity index (χ2v) is 15.7. The summed E-state index contributed by atoms with van der Waals surface area (Å²) in [7, 11) is -5.16. The van der Waals surface area contributed by atoms with Crippen LogP contribution < -0.4 is 12.3 Å². The molecule has 0 aromatic heterocycles. The van der Waals surface area contributed by atoms with Crippen molar-refractivity contribution in [3.8, 4) is 0 Å². The van der Waals surface area contributed by atoms with Gasteiger partial charge >= 0.3 is 11.9 Å². The first-order valence-corrected chi connectivity index (χ1v) is 21.3. The first-order chi connectivity index (χ1) is 23.1. The zero-order valence-electron chi connectivity index (χ0n) is 32.4. The van der Waals surface area contributed by atoms with E-state index in [1.165, 1.54) is 77.0 Å². The van der Waals surface area contributed by atoms with Gasteiger partial charge < -0.3 is 22.5 Å². The lowest BCUT2D eigenvalue weighted by Crippen LogP contribution is -2.55. The quantitative estimate of drug-likeness (QED) is 0.0236. The summed E-state index contributed by atoms with van der Waals surface area (Å²) in [6.45, 7) is 4.47. The number of rotatable bonds is 36. The number of carboxylic acids is 2. The summed E-state index contributed by atoms with van der Waals surface area (Å²) in [6.07, 6.45) is 38.6. The molecule has 0 spiro atoms. The van der Waals surface area contributed by atoms with Gasteiger partial charge in [0, 0.05) is 0 Å². The Morgan fingerprint density at radius 1 is 0.520 bits per heavy atom. The van der Waals surface area contributed by atoms with Gasteiger partial charge in [0.05, 0.1) is 5.92 Å². The molecule has 0 bridgehead atoms. The minimum Gasteiger partial charge on any atom is -0.481 e. The van der Waals surface area contributed by atoms with Crippen LogP contribution in [0.2, 0.25) is 0 Å². The molecule has 10 heteroatoms. The molecule has 50 heavy (non-hydrogen) atoms. The third-order valence-electron chi connectivity index (χ3n) is 9.75. The minimum atomic E-state index is -5.16. The van der Waals surface area contributed by atoms with Crippen molar-refractivity contribution in [1.29, 1.82) is 0 Å². The van der Waals surface area contributed by atoms with Crippen molar-refractivity contribution in [2.24, 2.45) is 5.92 Å². The van der Waals surface area contributed by atoms with Crippen molar-refractivity contribution < 1.29 is 32.8 Å². The molecule has 0 heterocycles. The van der Waals surface area contributed by atoms with Gasteiger partial charge in [-0.05, 0) is 64.2 Å². The highest BCUT2D eigenvalue weighted by Crippen LogP contribution is 2.37. The standard InChI is InChI=1S/C40H74O7S.2H3N/c1-3-5-7-9-11-13-15-17-19-21-23-25-27-29-31-33-35-37(38(41)42)40(39(43)44,48(45,46)47)36-34-32-30-28-26-24-22-20-18-16-14-12-10-8-6-4-2;;/h17-20,37H,3-16,21-36H2,1-2H3,(H,41,42)(H,43,44)(H,45,46,47);2*1H3/b19-17-,20-18-;;. The molecule has 0 aliphatic rings. The molecular weight excluding hydrogens is 653 g/mol. The Hall–Kier alpha value is -1.75. The molecule has 0 rings (SSSR count). The largest absolute Gasteiger partial charge is 0.481 e. The number of carbonyl (C=O) groups is 2. The summed E-state index contributed by atoms with van der Waals surface area (Å²) in [4.78, 5) is 24.6. The lowest BCUT2D eigenvalue weighted by Gasteiger charge is -2.32. The van der Waals surface area contributed by atoms with Crippen molar-refractivity contribution in [2.75, 3.05) is 0 Å². The average Bonchev–Trinajstić information content (AvgIpc) is 3.03. The second-order valence-electron chi connectivity index (χ2n) is 14.0. The number of hydrogen-bond acceptors (Lipinski definition) is 6. The molecule has 0 aromatic rings. The maximum absolute atomic E-state index is 12.5. The monoisotopic (exact) mass is 733 g/mol. The van der Waals surface area contributed by atoms with E-state index in [-0.39, 0.29) is 25.1 Å². The molecule has 9 N–H and O–H groups in total. The van der Waals surface area contributed by atoms with Crippen molar-refractivity contribution in [3.63, 3.8) is 0 Å². The van der Waals surface area contributed by atoms with E-state index >= 15 is 0 Å². The lowest BCUT2D eigenvalue weighted by molar-refractivity contribution is -0.152. The Morgan fingerprint density at radius 2 is 0.820 bits per heavy atom. The molecule has 0 aromatic carbocycles. The molecule has 0 aliphatic carbocycles. The van der Waals surface area contributed by atoms with Crippen LogP contribution in [0.3, 0.4) is 0 Å². The highest BCUT2D eigenvalue weighted by Gasteiger charge is 2.58. The lowest BCUT2D eigenvalue weighted by atomic mass is 9.82. The summed E-state index contributed by atoms with van der Waals surface area (Å²) < 4.78 is 32.4. The van der Waals surface area contributed by atoms with Gasteiger partial charge in [-0.15, -0.1) is 0 Å². The van der Waals surface area contributed by atoms with Crippen LogP contribution in [0, 0.1) is 5.92 Å². The van der Waals surface area contributed by atoms with Crippen molar-refractivity contribution >= 4 is 22.1 Å². The normalized spacial score (nSPS) is 13.6. The molecule has 2 unspecified atom stereocenters. The van der Waals surface area contributed by atoms with Crippen molar-refractivity contribution in [2.45, 2.75) is 211 Å². The summed E-state index contributed by atoms with van der Waals surface area (Å²) in [6, 6.07) is 0. The number of carboxylic acid groups (broad SMARTS) is 2. The second kappa shape index (κ2) is 35.6. The molecule has 0 radical (unpaired) electrons. The van der Waals surface area contributed by atoms with Crippen LogP contribution in [0.15, 0.2) is 24.3 Å². The minimum absolute atomic E-state index is 0. The Bertz CT molecular complexity index is 955. The fraction of sp³-hybridized carbons (Fsp3) is 0.850. The molecule has 2 atom stereocenters. The summed E-state index contributed by atoms with van der Waals surface area (Å²) >= 11 is 0. The van der Waals surface area contributed by atoms with Gasteiger partial charge in [0.15, 0.2) is 0 Å². The van der Waals surface area contributed by atoms with Crippen LogP contribution in [-0.4, -0.2) is 39.9 Å². The van der Waals surface area contributed by atoms with E-state index in [1.807, 2.05) is 0 Å². The topological polar surface area (TPSA) is 199 Å². The van der Waals surface area contributed by atoms with Gasteiger partial charge in [-0.3, -0.25) is 14.1 Å². The van der Waals surface area contributed by atoms with Gasteiger partial charge in [-0.1, -0.05) is 167 Å². The Balaban J connectivity index is -0.0000110. The van der Waals surface area contributed by atoms with Gasteiger partial charge in [-0.2, -0.15) is 8.42 Å². The molecule has 0 fully saturated rings. The first kappa shape index (κ1) is 52.6. The SMILES string of the molecule is CCCCCCCC/C=C\CCCCCCCCC(C(=O)O)C(CCCCCCCC/C=C\CCCCCCCC)(C(=O)O)S(=O)(=O)O.N.N. The van der Waals surface area contributed by atoms with Crippen molar-refractivity contribution in [1.82, 2.24) is 12.3 Å². The highest BCUT2D eigenvalue weighted by atomic mass is 32.2. The van der Waals surface area contributed by atoms with Crippen LogP contribution in [0.5, 0.6) is 0 Å². The van der Waals surface area contributed by atoms with E-state index in [1.54, 1.807) is 0 Å². The Morgan fingerprint density at radius 3 is 1.12 bits per heavy atom. The molecule has 0 saturated carbocycles. The summed E-state index contributed by atoms with van der Waals surface area (Å²) in [5, 5.41) is 20.0. The van der Waals surface area contributed by atoms with E-state index in [4.69, 9.17) is 0 Å². The maximum atomic E-state index is 12.5. The van der Waals surface area contributed by atoms with Gasteiger partial charge in [0.1, 0.15) is 0 Å². The Labute approximate surface area is 307 Å². The smallest absolute Gasteiger partial charge is 0.328 e. The van der Waals surface area contributed by atoms with Crippen LogP contribution in [-0.2, 0) is 19.7 Å². The van der Waals surface area contributed by atoms with Crippen LogP contribution in [0.4, 0.5) is 0 Å². The van der Waals surface area contributed by atoms with Gasteiger partial charge in [-0.25, -0.2) is 0 Å². The molecule has 298 valence electrons. The summed E-state index contributed by atoms with van der Waals surface area (Å²) in [5.74, 6) is -4.94. The van der Waals surface area contributed by atoms with Crippen molar-refractivity contribution in [3.05, 3.63) is 24.3 Å². The third kappa shape index (κ3) is 26.1. The van der Waals surface area contributed by atoms with E-state index in [0.717, 1.165) is 77.0 Å². The van der Waals surface area contributed by atoms with E-state index in [2.05, 4.69) is 38.2 Å². The number of unbranched alkanes of at least 4 members (excludes halogenated alkanes) is 24. The average molecular weight is 733 g/mol. The number of allylic oxidation sites excluding steroid dienone is 4. The van der Waals surface area contributed by atoms with E-state index < -0.39 is 39.1 Å².